The largest absolute Gasteiger partial charge is 0.511 e. The molecule has 5 nitrogen and oxygen atoms in total. The molecule has 3 saturated carbocycles. The van der Waals surface area contributed by atoms with Crippen molar-refractivity contribution in [2.24, 2.45) is 44.8 Å². The molecule has 5 aliphatic carbocycles. The Bertz CT molecular complexity index is 1250. The quantitative estimate of drug-likeness (QED) is 0.384. The van der Waals surface area contributed by atoms with E-state index in [4.69, 9.17) is 0 Å². The van der Waals surface area contributed by atoms with Gasteiger partial charge in [0, 0.05) is 29.8 Å². The smallest absolute Gasteiger partial charge is 0.223 e. The molecule has 212 valence electrons. The maximum Gasteiger partial charge on any atom is 0.223 e. The number of nitrogens with zero attached hydrogens (tertiary/aromatic N) is 2. The first kappa shape index (κ1) is 27.1. The van der Waals surface area contributed by atoms with E-state index in [1.807, 2.05) is 6.08 Å². The van der Waals surface area contributed by atoms with Gasteiger partial charge in [0.05, 0.1) is 11.6 Å². The molecular weight excluding hydrogens is 484 g/mol. The first-order chi connectivity index (χ1) is 18.1. The van der Waals surface area contributed by atoms with Crippen molar-refractivity contribution in [3.05, 3.63) is 23.0 Å². The van der Waals surface area contributed by atoms with E-state index in [1.54, 1.807) is 0 Å². The van der Waals surface area contributed by atoms with E-state index in [1.165, 1.54) is 5.57 Å². The summed E-state index contributed by atoms with van der Waals surface area (Å²) in [6, 6.07) is 2.32. The number of ketones is 1. The van der Waals surface area contributed by atoms with Crippen molar-refractivity contribution >= 4 is 11.7 Å². The van der Waals surface area contributed by atoms with Gasteiger partial charge in [0.15, 0.2) is 5.78 Å². The first-order valence-electron chi connectivity index (χ1n) is 15.5. The average molecular weight is 533 g/mol. The SMILES string of the molecule is CC1(C)CC[C@]2(N3CCCC3=O)CC[C@]3(C)[C@H](C(=O)C=C4[C@@]5(C)CC(C#N)=C(O)C(C)(C)[C@@H]5CC[C@]43C)[C@@H]2C1. The van der Waals surface area contributed by atoms with Gasteiger partial charge in [0.2, 0.25) is 5.91 Å². The molecule has 5 heteroatoms. The van der Waals surface area contributed by atoms with Crippen LogP contribution < -0.4 is 0 Å². The van der Waals surface area contributed by atoms with E-state index in [0.29, 0.717) is 24.3 Å². The fourth-order valence-corrected chi connectivity index (χ4v) is 11.5. The Morgan fingerprint density at radius 3 is 2.33 bits per heavy atom. The fraction of sp³-hybridized carbons (Fsp3) is 0.794. The van der Waals surface area contributed by atoms with Gasteiger partial charge in [-0.3, -0.25) is 9.59 Å². The molecule has 0 bridgehead atoms. The van der Waals surface area contributed by atoms with Crippen LogP contribution in [0.1, 0.15) is 113 Å². The highest BCUT2D eigenvalue weighted by atomic mass is 16.3. The van der Waals surface area contributed by atoms with E-state index >= 15 is 0 Å². The number of carbonyl (C=O) groups is 2. The van der Waals surface area contributed by atoms with E-state index in [9.17, 15) is 20.0 Å². The summed E-state index contributed by atoms with van der Waals surface area (Å²) < 4.78 is 0. The molecule has 1 saturated heterocycles. The van der Waals surface area contributed by atoms with Crippen LogP contribution >= 0.6 is 0 Å². The van der Waals surface area contributed by atoms with Gasteiger partial charge in [0.1, 0.15) is 5.76 Å². The highest BCUT2D eigenvalue weighted by molar-refractivity contribution is 5.95. The molecule has 6 aliphatic rings. The predicted octanol–water partition coefficient (Wildman–Crippen LogP) is 7.29. The summed E-state index contributed by atoms with van der Waals surface area (Å²) in [7, 11) is 0. The number of carbonyl (C=O) groups excluding carboxylic acids is 2. The number of likely N-dealkylation sites (tertiary alicyclic amines) is 1. The molecular formula is C34H48N2O3. The molecule has 0 unspecified atom stereocenters. The second-order valence-corrected chi connectivity index (χ2v) is 16.3. The maximum absolute atomic E-state index is 14.6. The topological polar surface area (TPSA) is 81.4 Å². The summed E-state index contributed by atoms with van der Waals surface area (Å²) in [5.41, 5.74) is 0.448. The first-order valence-corrected chi connectivity index (χ1v) is 15.5. The van der Waals surface area contributed by atoms with Gasteiger partial charge in [-0.25, -0.2) is 0 Å². The molecule has 0 radical (unpaired) electrons. The zero-order chi connectivity index (χ0) is 28.4. The second kappa shape index (κ2) is 8.01. The van der Waals surface area contributed by atoms with Crippen molar-refractivity contribution in [2.75, 3.05) is 6.54 Å². The normalized spacial score (nSPS) is 46.5. The summed E-state index contributed by atoms with van der Waals surface area (Å²) in [6.07, 6.45) is 11.1. The van der Waals surface area contributed by atoms with Crippen LogP contribution in [-0.2, 0) is 9.59 Å². The van der Waals surface area contributed by atoms with Gasteiger partial charge >= 0.3 is 0 Å². The number of allylic oxidation sites excluding steroid dienone is 4. The highest BCUT2D eigenvalue weighted by Gasteiger charge is 2.71. The van der Waals surface area contributed by atoms with Gasteiger partial charge in [-0.2, -0.15) is 5.26 Å². The summed E-state index contributed by atoms with van der Waals surface area (Å²) in [6.45, 7) is 16.8. The van der Waals surface area contributed by atoms with Crippen LogP contribution in [0.3, 0.4) is 0 Å². The minimum absolute atomic E-state index is 0.0934. The van der Waals surface area contributed by atoms with Crippen molar-refractivity contribution in [1.82, 2.24) is 4.90 Å². The lowest BCUT2D eigenvalue weighted by Gasteiger charge is -2.70. The summed E-state index contributed by atoms with van der Waals surface area (Å²) >= 11 is 0. The van der Waals surface area contributed by atoms with Crippen molar-refractivity contribution in [3.63, 3.8) is 0 Å². The summed E-state index contributed by atoms with van der Waals surface area (Å²) in [5.74, 6) is 1.04. The van der Waals surface area contributed by atoms with Crippen LogP contribution in [0.4, 0.5) is 0 Å². The van der Waals surface area contributed by atoms with E-state index < -0.39 is 5.41 Å². The fourth-order valence-electron chi connectivity index (χ4n) is 11.5. The van der Waals surface area contributed by atoms with Crippen molar-refractivity contribution in [3.8, 4) is 6.07 Å². The number of fused-ring (bicyclic) bond motifs is 7. The van der Waals surface area contributed by atoms with Crippen molar-refractivity contribution in [2.45, 2.75) is 118 Å². The van der Waals surface area contributed by atoms with Crippen LogP contribution in [0.25, 0.3) is 0 Å². The minimum atomic E-state index is -0.508. The van der Waals surface area contributed by atoms with E-state index in [2.05, 4.69) is 59.4 Å². The number of aliphatic hydroxyl groups is 1. The molecule has 7 atom stereocenters. The minimum Gasteiger partial charge on any atom is -0.511 e. The summed E-state index contributed by atoms with van der Waals surface area (Å²) in [5, 5.41) is 21.1. The third-order valence-electron chi connectivity index (χ3n) is 13.7. The molecule has 0 aromatic heterocycles. The van der Waals surface area contributed by atoms with Gasteiger partial charge in [-0.1, -0.05) is 54.0 Å². The third kappa shape index (κ3) is 3.24. The lowest BCUT2D eigenvalue weighted by molar-refractivity contribution is -0.182. The zero-order valence-corrected chi connectivity index (χ0v) is 25.2. The molecule has 1 aliphatic heterocycles. The van der Waals surface area contributed by atoms with Gasteiger partial charge in [-0.05, 0) is 97.4 Å². The van der Waals surface area contributed by atoms with Gasteiger partial charge < -0.3 is 10.0 Å². The Balaban J connectivity index is 1.50. The highest BCUT2D eigenvalue weighted by Crippen LogP contribution is 2.74. The molecule has 0 aromatic carbocycles. The van der Waals surface area contributed by atoms with E-state index in [0.717, 1.165) is 57.9 Å². The Kier molecular flexibility index (Phi) is 5.57. The molecule has 6 rings (SSSR count). The van der Waals surface area contributed by atoms with Crippen LogP contribution in [0.15, 0.2) is 23.0 Å². The van der Waals surface area contributed by atoms with Crippen LogP contribution in [0.5, 0.6) is 0 Å². The third-order valence-corrected chi connectivity index (χ3v) is 13.7. The van der Waals surface area contributed by atoms with Crippen LogP contribution in [0, 0.1) is 56.2 Å². The monoisotopic (exact) mass is 532 g/mol. The zero-order valence-electron chi connectivity index (χ0n) is 25.2. The Morgan fingerprint density at radius 1 is 1.00 bits per heavy atom. The van der Waals surface area contributed by atoms with Crippen molar-refractivity contribution < 1.29 is 14.7 Å². The Hall–Kier alpha value is -2.09. The molecule has 39 heavy (non-hydrogen) atoms. The lowest BCUT2D eigenvalue weighted by atomic mass is 9.34. The predicted molar refractivity (Wildman–Crippen MR) is 151 cm³/mol. The Labute approximate surface area is 235 Å². The van der Waals surface area contributed by atoms with Crippen LogP contribution in [-0.4, -0.2) is 33.8 Å². The molecule has 1 N–H and O–H groups in total. The van der Waals surface area contributed by atoms with Gasteiger partial charge in [-0.15, -0.1) is 0 Å². The van der Waals surface area contributed by atoms with E-state index in [-0.39, 0.29) is 56.5 Å². The number of aliphatic hydroxyl groups excluding tert-OH is 1. The van der Waals surface area contributed by atoms with Gasteiger partial charge in [0.25, 0.3) is 0 Å². The van der Waals surface area contributed by atoms with Crippen LogP contribution in [0.2, 0.25) is 0 Å². The molecule has 0 aromatic rings. The number of amides is 1. The lowest BCUT2D eigenvalue weighted by Crippen LogP contribution is -2.69. The molecule has 0 spiro atoms. The van der Waals surface area contributed by atoms with Crippen molar-refractivity contribution in [1.29, 1.82) is 5.26 Å². The standard InChI is InChI=1S/C34H48N2O3/c1-29(2)12-14-34(36-16-8-9-26(36)38)15-13-33(7)27(22(34)19-29)23(37)17-25-31(5)18-21(20-35)28(39)30(3,4)24(31)10-11-32(25,33)6/h17,22,24,27,39H,8-16,18-19H2,1-7H3/t22-,24-,27-,31-,32+,33+,34-/m0/s1. The number of hydrogen-bond donors (Lipinski definition) is 1. The summed E-state index contributed by atoms with van der Waals surface area (Å²) in [4.78, 5) is 30.1. The number of hydrogen-bond acceptors (Lipinski definition) is 4. The average Bonchev–Trinajstić information content (AvgIpc) is 3.29. The number of rotatable bonds is 1. The molecule has 4 fully saturated rings. The molecule has 1 heterocycles. The molecule has 1 amide bonds. The number of nitriles is 1. The maximum atomic E-state index is 14.6. The Morgan fingerprint density at radius 2 is 1.69 bits per heavy atom. The second-order valence-electron chi connectivity index (χ2n) is 16.3.